The molecule has 0 spiro atoms. The van der Waals surface area contributed by atoms with Crippen molar-refractivity contribution in [2.24, 2.45) is 0 Å². The minimum absolute atomic E-state index is 0.0619. The Morgan fingerprint density at radius 2 is 1.63 bits per heavy atom. The number of nitrogens with zero attached hydrogens (tertiary/aromatic N) is 2. The van der Waals surface area contributed by atoms with Crippen molar-refractivity contribution in [3.8, 4) is 0 Å². The Labute approximate surface area is 179 Å². The van der Waals surface area contributed by atoms with Gasteiger partial charge in [0.15, 0.2) is 0 Å². The molecule has 0 radical (unpaired) electrons. The largest absolute Gasteiger partial charge is 0.457 e. The number of rotatable bonds is 7. The Balaban J connectivity index is 1.79. The summed E-state index contributed by atoms with van der Waals surface area (Å²) in [7, 11) is 0. The number of hydrogen-bond acceptors (Lipinski definition) is 7. The molecule has 0 aliphatic rings. The number of non-ortho nitro benzene ring substituents is 1. The van der Waals surface area contributed by atoms with Crippen LogP contribution in [-0.4, -0.2) is 15.8 Å². The number of hydrogen-bond donors (Lipinski definition) is 0. The molecule has 3 aromatic rings. The lowest BCUT2D eigenvalue weighted by Crippen LogP contribution is -2.07. The predicted octanol–water partition coefficient (Wildman–Crippen LogP) is 5.66. The highest BCUT2D eigenvalue weighted by Crippen LogP contribution is 2.41. The van der Waals surface area contributed by atoms with Crippen LogP contribution in [0.4, 0.5) is 11.4 Å². The van der Waals surface area contributed by atoms with E-state index < -0.39 is 15.8 Å². The SMILES string of the molecule is O=C(OCc1ccc([N+](=O)[O-])cc1)c1ccccc1Sc1c(Cl)cccc1[N+](=O)[O-]. The summed E-state index contributed by atoms with van der Waals surface area (Å²) < 4.78 is 5.31. The molecule has 0 unspecified atom stereocenters. The van der Waals surface area contributed by atoms with Crippen molar-refractivity contribution >= 4 is 40.7 Å². The van der Waals surface area contributed by atoms with E-state index in [1.165, 1.54) is 42.5 Å². The van der Waals surface area contributed by atoms with Gasteiger partial charge >= 0.3 is 5.97 Å². The summed E-state index contributed by atoms with van der Waals surface area (Å²) in [5.41, 5.74) is 0.578. The lowest BCUT2D eigenvalue weighted by molar-refractivity contribution is -0.387. The first-order chi connectivity index (χ1) is 14.4. The summed E-state index contributed by atoms with van der Waals surface area (Å²) in [6, 6.07) is 16.5. The van der Waals surface area contributed by atoms with Crippen molar-refractivity contribution in [3.05, 3.63) is 103 Å². The molecule has 3 aromatic carbocycles. The van der Waals surface area contributed by atoms with Gasteiger partial charge in [0.25, 0.3) is 11.4 Å². The quantitative estimate of drug-likeness (QED) is 0.262. The number of carbonyl (C=O) groups excluding carboxylic acids is 1. The molecule has 0 fully saturated rings. The van der Waals surface area contributed by atoms with E-state index in [0.717, 1.165) is 11.8 Å². The van der Waals surface area contributed by atoms with Crippen molar-refractivity contribution < 1.29 is 19.4 Å². The molecule has 0 saturated carbocycles. The van der Waals surface area contributed by atoms with E-state index in [-0.39, 0.29) is 33.5 Å². The Morgan fingerprint density at radius 3 is 2.30 bits per heavy atom. The number of nitro groups is 2. The average Bonchev–Trinajstić information content (AvgIpc) is 2.74. The molecule has 10 heteroatoms. The number of esters is 1. The summed E-state index contributed by atoms with van der Waals surface area (Å²) in [5, 5.41) is 22.2. The predicted molar refractivity (Wildman–Crippen MR) is 111 cm³/mol. The van der Waals surface area contributed by atoms with Gasteiger partial charge in [-0.15, -0.1) is 0 Å². The average molecular weight is 445 g/mol. The van der Waals surface area contributed by atoms with E-state index in [9.17, 15) is 25.0 Å². The maximum atomic E-state index is 12.6. The van der Waals surface area contributed by atoms with E-state index in [2.05, 4.69) is 0 Å². The maximum Gasteiger partial charge on any atom is 0.339 e. The molecule has 8 nitrogen and oxygen atoms in total. The molecule has 152 valence electrons. The van der Waals surface area contributed by atoms with Gasteiger partial charge in [-0.2, -0.15) is 0 Å². The van der Waals surface area contributed by atoms with Crippen molar-refractivity contribution in [2.45, 2.75) is 16.4 Å². The first-order valence-electron chi connectivity index (χ1n) is 8.47. The van der Waals surface area contributed by atoms with Crippen molar-refractivity contribution in [3.63, 3.8) is 0 Å². The zero-order valence-electron chi connectivity index (χ0n) is 15.2. The van der Waals surface area contributed by atoms with Gasteiger partial charge < -0.3 is 4.74 Å². The summed E-state index contributed by atoms with van der Waals surface area (Å²) >= 11 is 7.14. The fourth-order valence-corrected chi connectivity index (χ4v) is 3.84. The third-order valence-corrected chi connectivity index (χ3v) is 5.62. The van der Waals surface area contributed by atoms with Gasteiger partial charge in [0, 0.05) is 23.1 Å². The van der Waals surface area contributed by atoms with E-state index >= 15 is 0 Å². The van der Waals surface area contributed by atoms with Crippen LogP contribution >= 0.6 is 23.4 Å². The Morgan fingerprint density at radius 1 is 0.933 bits per heavy atom. The molecule has 0 N–H and O–H groups in total. The van der Waals surface area contributed by atoms with Gasteiger partial charge in [0.2, 0.25) is 0 Å². The van der Waals surface area contributed by atoms with Gasteiger partial charge in [-0.25, -0.2) is 4.79 Å². The monoisotopic (exact) mass is 444 g/mol. The number of ether oxygens (including phenoxy) is 1. The third kappa shape index (κ3) is 4.94. The van der Waals surface area contributed by atoms with E-state index in [1.54, 1.807) is 24.3 Å². The highest BCUT2D eigenvalue weighted by molar-refractivity contribution is 7.99. The first-order valence-corrected chi connectivity index (χ1v) is 9.66. The van der Waals surface area contributed by atoms with Crippen LogP contribution in [0.2, 0.25) is 5.02 Å². The fourth-order valence-electron chi connectivity index (χ4n) is 2.52. The van der Waals surface area contributed by atoms with Gasteiger partial charge in [-0.05, 0) is 35.9 Å². The number of halogens is 1. The van der Waals surface area contributed by atoms with Crippen LogP contribution in [0.5, 0.6) is 0 Å². The van der Waals surface area contributed by atoms with Crippen LogP contribution in [0.1, 0.15) is 15.9 Å². The van der Waals surface area contributed by atoms with Crippen molar-refractivity contribution in [1.29, 1.82) is 0 Å². The first kappa shape index (κ1) is 21.3. The molecule has 0 aliphatic heterocycles. The van der Waals surface area contributed by atoms with E-state index in [4.69, 9.17) is 16.3 Å². The Bertz CT molecular complexity index is 1120. The second kappa shape index (κ2) is 9.38. The lowest BCUT2D eigenvalue weighted by atomic mass is 10.2. The minimum Gasteiger partial charge on any atom is -0.457 e. The molecule has 0 aliphatic carbocycles. The second-order valence-corrected chi connectivity index (χ2v) is 7.40. The molecule has 0 amide bonds. The van der Waals surface area contributed by atoms with Gasteiger partial charge in [-0.1, -0.05) is 41.6 Å². The molecule has 0 aromatic heterocycles. The topological polar surface area (TPSA) is 113 Å². The standard InChI is InChI=1S/C20H13ClN2O6S/c21-16-5-3-6-17(23(27)28)19(16)30-18-7-2-1-4-15(18)20(24)29-12-13-8-10-14(11-9-13)22(25)26/h1-11H,12H2. The van der Waals surface area contributed by atoms with Crippen LogP contribution in [0.3, 0.4) is 0 Å². The van der Waals surface area contributed by atoms with Gasteiger partial charge in [-0.3, -0.25) is 20.2 Å². The minimum atomic E-state index is -0.633. The second-order valence-electron chi connectivity index (χ2n) is 5.94. The van der Waals surface area contributed by atoms with Crippen molar-refractivity contribution in [1.82, 2.24) is 0 Å². The van der Waals surface area contributed by atoms with Crippen LogP contribution in [0, 0.1) is 20.2 Å². The highest BCUT2D eigenvalue weighted by Gasteiger charge is 2.21. The number of nitro benzene ring substituents is 2. The van der Waals surface area contributed by atoms with Crippen LogP contribution in [0.15, 0.2) is 76.5 Å². The Kier molecular flexibility index (Phi) is 6.65. The summed E-state index contributed by atoms with van der Waals surface area (Å²) in [5.74, 6) is -0.633. The van der Waals surface area contributed by atoms with Gasteiger partial charge in [0.1, 0.15) is 11.5 Å². The molecule has 0 atom stereocenters. The number of carbonyl (C=O) groups is 1. The molecule has 30 heavy (non-hydrogen) atoms. The van der Waals surface area contributed by atoms with E-state index in [0.29, 0.717) is 10.5 Å². The Hall–Kier alpha value is -3.43. The molecular formula is C20H13ClN2O6S. The van der Waals surface area contributed by atoms with Crippen molar-refractivity contribution in [2.75, 3.05) is 0 Å². The normalized spacial score (nSPS) is 10.4. The molecule has 0 bridgehead atoms. The van der Waals surface area contributed by atoms with E-state index in [1.807, 2.05) is 0 Å². The summed E-state index contributed by atoms with van der Waals surface area (Å²) in [6.07, 6.45) is 0. The maximum absolute atomic E-state index is 12.6. The van der Waals surface area contributed by atoms with Crippen LogP contribution in [-0.2, 0) is 11.3 Å². The zero-order chi connectivity index (χ0) is 21.7. The molecule has 3 rings (SSSR count). The summed E-state index contributed by atoms with van der Waals surface area (Å²) in [4.78, 5) is 34.2. The highest BCUT2D eigenvalue weighted by atomic mass is 35.5. The third-order valence-electron chi connectivity index (χ3n) is 3.98. The fraction of sp³-hybridized carbons (Fsp3) is 0.0500. The smallest absolute Gasteiger partial charge is 0.339 e. The van der Waals surface area contributed by atoms with Gasteiger partial charge in [0.05, 0.1) is 20.4 Å². The molecule has 0 heterocycles. The summed E-state index contributed by atoms with van der Waals surface area (Å²) in [6.45, 7) is -0.0813. The van der Waals surface area contributed by atoms with Crippen LogP contribution in [0.25, 0.3) is 0 Å². The molecule has 0 saturated heterocycles. The number of benzene rings is 3. The van der Waals surface area contributed by atoms with Crippen LogP contribution < -0.4 is 0 Å². The zero-order valence-corrected chi connectivity index (χ0v) is 16.8. The molecular weight excluding hydrogens is 432 g/mol. The lowest BCUT2D eigenvalue weighted by Gasteiger charge is -2.10.